The van der Waals surface area contributed by atoms with E-state index in [0.717, 1.165) is 31.6 Å². The monoisotopic (exact) mass is 289 g/mol. The van der Waals surface area contributed by atoms with Crippen molar-refractivity contribution >= 4 is 23.2 Å². The lowest BCUT2D eigenvalue weighted by molar-refractivity contribution is -0.125. The molecule has 0 radical (unpaired) electrons. The summed E-state index contributed by atoms with van der Waals surface area (Å²) in [5.41, 5.74) is 2.32. The second-order valence-corrected chi connectivity index (χ2v) is 5.54. The van der Waals surface area contributed by atoms with E-state index in [4.69, 9.17) is 0 Å². The van der Waals surface area contributed by atoms with Gasteiger partial charge in [-0.25, -0.2) is 0 Å². The van der Waals surface area contributed by atoms with Gasteiger partial charge in [0.25, 0.3) is 5.91 Å². The highest BCUT2D eigenvalue weighted by molar-refractivity contribution is 6.02. The van der Waals surface area contributed by atoms with Crippen LogP contribution in [0.25, 0.3) is 0 Å². The molecule has 2 aliphatic heterocycles. The normalized spacial score (nSPS) is 21.9. The number of aliphatic hydroxyl groups is 1. The molecule has 3 N–H and O–H groups in total. The van der Waals surface area contributed by atoms with Crippen LogP contribution in [0.15, 0.2) is 18.2 Å². The number of hydrogen-bond donors (Lipinski definition) is 3. The molecule has 21 heavy (non-hydrogen) atoms. The number of nitrogens with zero attached hydrogens (tertiary/aromatic N) is 1. The number of nitrogens with one attached hydrogen (secondary N) is 2. The number of fused-ring (bicyclic) bond motifs is 1. The van der Waals surface area contributed by atoms with Gasteiger partial charge in [-0.05, 0) is 25.0 Å². The maximum atomic E-state index is 11.6. The Morgan fingerprint density at radius 2 is 2.10 bits per heavy atom. The highest BCUT2D eigenvalue weighted by atomic mass is 16.3. The van der Waals surface area contributed by atoms with Gasteiger partial charge in [0.15, 0.2) is 6.10 Å². The minimum absolute atomic E-state index is 0.0854. The van der Waals surface area contributed by atoms with Crippen LogP contribution in [0.2, 0.25) is 0 Å². The van der Waals surface area contributed by atoms with Crippen LogP contribution in [0.1, 0.15) is 24.5 Å². The van der Waals surface area contributed by atoms with Crippen LogP contribution in [0, 0.1) is 5.92 Å². The summed E-state index contributed by atoms with van der Waals surface area (Å²) in [5.74, 6) is -0.179. The molecule has 2 amide bonds. The van der Waals surface area contributed by atoms with Gasteiger partial charge in [-0.15, -0.1) is 0 Å². The molecule has 0 aromatic heterocycles. The van der Waals surface area contributed by atoms with Gasteiger partial charge in [0.05, 0.1) is 0 Å². The zero-order valence-electron chi connectivity index (χ0n) is 11.9. The first-order chi connectivity index (χ1) is 10.1. The summed E-state index contributed by atoms with van der Waals surface area (Å²) in [4.78, 5) is 25.3. The summed E-state index contributed by atoms with van der Waals surface area (Å²) >= 11 is 0. The lowest BCUT2D eigenvalue weighted by Crippen LogP contribution is -2.39. The van der Waals surface area contributed by atoms with E-state index in [1.165, 1.54) is 0 Å². The number of amides is 2. The van der Waals surface area contributed by atoms with E-state index < -0.39 is 6.10 Å². The number of hydrogen-bond acceptors (Lipinski definition) is 4. The lowest BCUT2D eigenvalue weighted by Gasteiger charge is -2.33. The first kappa shape index (κ1) is 13.9. The summed E-state index contributed by atoms with van der Waals surface area (Å²) < 4.78 is 0. The average molecular weight is 289 g/mol. The van der Waals surface area contributed by atoms with Crippen LogP contribution < -0.4 is 15.5 Å². The Labute approximate surface area is 123 Å². The van der Waals surface area contributed by atoms with Gasteiger partial charge in [-0.1, -0.05) is 6.07 Å². The third-order valence-electron chi connectivity index (χ3n) is 4.31. The predicted molar refractivity (Wildman–Crippen MR) is 79.0 cm³/mol. The molecule has 1 unspecified atom stereocenters. The Hall–Kier alpha value is -2.08. The van der Waals surface area contributed by atoms with Crippen molar-refractivity contribution in [1.82, 2.24) is 5.32 Å². The van der Waals surface area contributed by atoms with E-state index in [1.54, 1.807) is 13.1 Å². The second kappa shape index (κ2) is 5.37. The van der Waals surface area contributed by atoms with E-state index in [0.29, 0.717) is 11.3 Å². The van der Waals surface area contributed by atoms with Crippen molar-refractivity contribution in [1.29, 1.82) is 0 Å². The summed E-state index contributed by atoms with van der Waals surface area (Å²) in [6.45, 7) is 1.63. The Bertz CT molecular complexity index is 580. The molecule has 3 rings (SSSR count). The average Bonchev–Trinajstić information content (AvgIpc) is 2.81. The minimum atomic E-state index is -1.06. The third-order valence-corrected chi connectivity index (χ3v) is 4.31. The number of aliphatic hydroxyl groups excluding tert-OH is 1. The van der Waals surface area contributed by atoms with Gasteiger partial charge in [-0.2, -0.15) is 0 Å². The smallest absolute Gasteiger partial charge is 0.257 e. The molecule has 6 nitrogen and oxygen atoms in total. The summed E-state index contributed by atoms with van der Waals surface area (Å²) in [6, 6.07) is 5.60. The molecule has 6 heteroatoms. The molecule has 2 heterocycles. The summed E-state index contributed by atoms with van der Waals surface area (Å²) in [6.07, 6.45) is 0.588. The van der Waals surface area contributed by atoms with Gasteiger partial charge in [0.1, 0.15) is 0 Å². The van der Waals surface area contributed by atoms with Crippen LogP contribution in [-0.2, 0) is 9.59 Å². The maximum absolute atomic E-state index is 11.6. The number of anilines is 2. The zero-order valence-corrected chi connectivity index (χ0v) is 11.9. The molecule has 0 spiro atoms. The Kier molecular flexibility index (Phi) is 3.55. The molecule has 2 aliphatic rings. The van der Waals surface area contributed by atoms with Crippen molar-refractivity contribution < 1.29 is 14.7 Å². The zero-order chi connectivity index (χ0) is 15.0. The highest BCUT2D eigenvalue weighted by Crippen LogP contribution is 2.34. The maximum Gasteiger partial charge on any atom is 0.257 e. The van der Waals surface area contributed by atoms with E-state index in [2.05, 4.69) is 15.5 Å². The molecule has 1 aromatic rings. The first-order valence-electron chi connectivity index (χ1n) is 7.19. The Balaban J connectivity index is 1.71. The molecular formula is C15H19N3O3. The molecule has 0 aliphatic carbocycles. The minimum Gasteiger partial charge on any atom is -0.378 e. The molecule has 0 bridgehead atoms. The number of rotatable bonds is 2. The fraction of sp³-hybridized carbons (Fsp3) is 0.467. The summed E-state index contributed by atoms with van der Waals surface area (Å²) in [5, 5.41) is 15.1. The molecule has 1 saturated heterocycles. The molecular weight excluding hydrogens is 270 g/mol. The Morgan fingerprint density at radius 3 is 2.76 bits per heavy atom. The van der Waals surface area contributed by atoms with Crippen molar-refractivity contribution in [3.05, 3.63) is 23.8 Å². The molecule has 112 valence electrons. The van der Waals surface area contributed by atoms with Crippen LogP contribution in [0.5, 0.6) is 0 Å². The van der Waals surface area contributed by atoms with E-state index in [9.17, 15) is 14.7 Å². The van der Waals surface area contributed by atoms with Crippen LogP contribution in [0.3, 0.4) is 0 Å². The van der Waals surface area contributed by atoms with Gasteiger partial charge < -0.3 is 20.6 Å². The molecule has 1 aromatic carbocycles. The fourth-order valence-electron chi connectivity index (χ4n) is 3.03. The van der Waals surface area contributed by atoms with Crippen LogP contribution in [-0.4, -0.2) is 37.1 Å². The van der Waals surface area contributed by atoms with Crippen molar-refractivity contribution in [2.75, 3.05) is 30.4 Å². The van der Waals surface area contributed by atoms with Crippen LogP contribution in [0.4, 0.5) is 11.4 Å². The summed E-state index contributed by atoms with van der Waals surface area (Å²) in [7, 11) is 1.67. The molecule has 1 atom stereocenters. The highest BCUT2D eigenvalue weighted by Gasteiger charge is 2.30. The van der Waals surface area contributed by atoms with Gasteiger partial charge >= 0.3 is 0 Å². The van der Waals surface area contributed by atoms with Gasteiger partial charge in [0, 0.05) is 43.0 Å². The predicted octanol–water partition coefficient (Wildman–Crippen LogP) is 0.634. The van der Waals surface area contributed by atoms with Crippen molar-refractivity contribution in [3.63, 3.8) is 0 Å². The number of piperidine rings is 1. The second-order valence-electron chi connectivity index (χ2n) is 5.54. The standard InChI is InChI=1S/C15H19N3O3/c1-16-14(20)9-4-6-18(7-5-9)10-2-3-11-12(8-10)17-15(21)13(11)19/h2-3,8-9,13,19H,4-7H2,1H3,(H,16,20)(H,17,21). The largest absolute Gasteiger partial charge is 0.378 e. The van der Waals surface area contributed by atoms with E-state index >= 15 is 0 Å². The van der Waals surface area contributed by atoms with Crippen LogP contribution >= 0.6 is 0 Å². The van der Waals surface area contributed by atoms with E-state index in [1.807, 2.05) is 12.1 Å². The Morgan fingerprint density at radius 1 is 1.38 bits per heavy atom. The lowest BCUT2D eigenvalue weighted by atomic mass is 9.95. The van der Waals surface area contributed by atoms with Crippen molar-refractivity contribution in [2.24, 2.45) is 5.92 Å². The SMILES string of the molecule is CNC(=O)C1CCN(c2ccc3c(c2)NC(=O)C3O)CC1. The molecule has 1 fully saturated rings. The van der Waals surface area contributed by atoms with Gasteiger partial charge in [-0.3, -0.25) is 9.59 Å². The quantitative estimate of drug-likeness (QED) is 0.746. The van der Waals surface area contributed by atoms with Crippen molar-refractivity contribution in [3.8, 4) is 0 Å². The third kappa shape index (κ3) is 2.47. The first-order valence-corrected chi connectivity index (χ1v) is 7.19. The number of carbonyl (C=O) groups is 2. The van der Waals surface area contributed by atoms with Crippen molar-refractivity contribution in [2.45, 2.75) is 18.9 Å². The fourth-order valence-corrected chi connectivity index (χ4v) is 3.03. The number of benzene rings is 1. The topological polar surface area (TPSA) is 81.7 Å². The van der Waals surface area contributed by atoms with E-state index in [-0.39, 0.29) is 17.7 Å². The van der Waals surface area contributed by atoms with Gasteiger partial charge in [0.2, 0.25) is 5.91 Å². The molecule has 0 saturated carbocycles. The number of carbonyl (C=O) groups excluding carboxylic acids is 2.